The number of halogens is 6. The average molecular weight is 470 g/mol. The van der Waals surface area contributed by atoms with Crippen molar-refractivity contribution in [3.8, 4) is 0 Å². The molecule has 0 bridgehead atoms. The lowest BCUT2D eigenvalue weighted by Gasteiger charge is -2.14. The molecule has 0 N–H and O–H groups in total. The van der Waals surface area contributed by atoms with Gasteiger partial charge in [0.25, 0.3) is 5.69 Å². The molecule has 0 spiro atoms. The molecule has 0 aliphatic carbocycles. The second kappa shape index (κ2) is 8.84. The summed E-state index contributed by atoms with van der Waals surface area (Å²) in [4.78, 5) is 22.3. The van der Waals surface area contributed by atoms with Gasteiger partial charge in [-0.15, -0.1) is 5.10 Å². The van der Waals surface area contributed by atoms with Crippen LogP contribution in [0.15, 0.2) is 54.7 Å². The van der Waals surface area contributed by atoms with E-state index in [1.54, 1.807) is 0 Å². The van der Waals surface area contributed by atoms with Gasteiger partial charge in [0.2, 0.25) is 5.78 Å². The van der Waals surface area contributed by atoms with Crippen LogP contribution in [-0.4, -0.2) is 25.7 Å². The van der Waals surface area contributed by atoms with E-state index in [0.29, 0.717) is 17.7 Å². The summed E-state index contributed by atoms with van der Waals surface area (Å²) in [5.41, 5.74) is -3.11. The minimum absolute atomic E-state index is 0.0167. The Hall–Kier alpha value is -4.03. The lowest BCUT2D eigenvalue weighted by molar-refractivity contribution is -0.384. The van der Waals surface area contributed by atoms with Crippen molar-refractivity contribution in [2.75, 3.05) is 0 Å². The number of carbonyl (C=O) groups is 1. The van der Waals surface area contributed by atoms with Crippen LogP contribution in [0.3, 0.4) is 0 Å². The summed E-state index contributed by atoms with van der Waals surface area (Å²) >= 11 is 0. The molecule has 1 aromatic heterocycles. The first-order chi connectivity index (χ1) is 15.3. The zero-order valence-corrected chi connectivity index (χ0v) is 16.3. The molecule has 33 heavy (non-hydrogen) atoms. The lowest BCUT2D eigenvalue weighted by Crippen LogP contribution is -2.13. The molecule has 0 aliphatic heterocycles. The molecule has 3 rings (SSSR count). The Bertz CT molecular complexity index is 1180. The number of aromatic nitrogens is 3. The van der Waals surface area contributed by atoms with E-state index in [2.05, 4.69) is 10.3 Å². The van der Waals surface area contributed by atoms with E-state index in [4.69, 9.17) is 0 Å². The van der Waals surface area contributed by atoms with Crippen LogP contribution in [0.25, 0.3) is 6.08 Å². The first-order valence-corrected chi connectivity index (χ1v) is 8.98. The molecule has 1 heterocycles. The Balaban J connectivity index is 1.77. The zero-order chi connectivity index (χ0) is 24.4. The van der Waals surface area contributed by atoms with Gasteiger partial charge in [0, 0.05) is 12.1 Å². The molecule has 0 saturated heterocycles. The monoisotopic (exact) mass is 470 g/mol. The van der Waals surface area contributed by atoms with Gasteiger partial charge in [0.05, 0.1) is 28.8 Å². The van der Waals surface area contributed by atoms with Gasteiger partial charge in [-0.1, -0.05) is 11.3 Å². The quantitative estimate of drug-likeness (QED) is 0.163. The molecule has 7 nitrogen and oxygen atoms in total. The van der Waals surface area contributed by atoms with Crippen LogP contribution >= 0.6 is 0 Å². The number of non-ortho nitro benzene ring substituents is 1. The van der Waals surface area contributed by atoms with Crippen LogP contribution in [0.5, 0.6) is 0 Å². The fraction of sp³-hybridized carbons (Fsp3) is 0.150. The highest BCUT2D eigenvalue weighted by Gasteiger charge is 2.36. The topological polar surface area (TPSA) is 90.9 Å². The van der Waals surface area contributed by atoms with Crippen molar-refractivity contribution in [3.63, 3.8) is 0 Å². The maximum absolute atomic E-state index is 13.0. The predicted octanol–water partition coefficient (Wildman–Crippen LogP) is 5.17. The van der Waals surface area contributed by atoms with Gasteiger partial charge in [0.1, 0.15) is 0 Å². The number of ketones is 1. The number of rotatable bonds is 6. The maximum atomic E-state index is 13.0. The minimum atomic E-state index is -4.98. The number of nitro benzene ring substituents is 1. The van der Waals surface area contributed by atoms with Crippen molar-refractivity contribution in [3.05, 3.63) is 92.8 Å². The summed E-state index contributed by atoms with van der Waals surface area (Å²) in [6, 6.07) is 6.44. The third kappa shape index (κ3) is 6.02. The first kappa shape index (κ1) is 23.6. The van der Waals surface area contributed by atoms with Crippen molar-refractivity contribution < 1.29 is 36.1 Å². The molecule has 0 atom stereocenters. The van der Waals surface area contributed by atoms with E-state index < -0.39 is 40.7 Å². The number of hydrogen-bond donors (Lipinski definition) is 0. The molecule has 0 aliphatic rings. The molecule has 172 valence electrons. The summed E-state index contributed by atoms with van der Waals surface area (Å²) in [5.74, 6) is -0.639. The van der Waals surface area contributed by atoms with Crippen molar-refractivity contribution in [2.24, 2.45) is 0 Å². The summed E-state index contributed by atoms with van der Waals surface area (Å²) in [6.45, 7) is -0.487. The van der Waals surface area contributed by atoms with Gasteiger partial charge < -0.3 is 0 Å². The van der Waals surface area contributed by atoms with E-state index in [1.807, 2.05) is 0 Å². The zero-order valence-electron chi connectivity index (χ0n) is 16.3. The molecule has 2 aromatic carbocycles. The number of alkyl halides is 6. The van der Waals surface area contributed by atoms with E-state index in [1.165, 1.54) is 30.3 Å². The Morgan fingerprint density at radius 2 is 1.58 bits per heavy atom. The number of benzene rings is 2. The first-order valence-electron chi connectivity index (χ1n) is 8.98. The summed E-state index contributed by atoms with van der Waals surface area (Å²) in [6.07, 6.45) is -6.44. The smallest absolute Gasteiger partial charge is 0.287 e. The molecule has 13 heteroatoms. The predicted molar refractivity (Wildman–Crippen MR) is 102 cm³/mol. The van der Waals surface area contributed by atoms with Crippen molar-refractivity contribution in [1.82, 2.24) is 15.0 Å². The van der Waals surface area contributed by atoms with Gasteiger partial charge in [0.15, 0.2) is 5.69 Å². The van der Waals surface area contributed by atoms with Crippen LogP contribution in [0.2, 0.25) is 0 Å². The molecular weight excluding hydrogens is 458 g/mol. The van der Waals surface area contributed by atoms with Gasteiger partial charge >= 0.3 is 12.4 Å². The summed E-state index contributed by atoms with van der Waals surface area (Å²) in [5, 5.41) is 17.8. The second-order valence-electron chi connectivity index (χ2n) is 6.76. The number of nitrogens with zero attached hydrogens (tertiary/aromatic N) is 4. The highest BCUT2D eigenvalue weighted by molar-refractivity contribution is 6.05. The van der Waals surface area contributed by atoms with Crippen LogP contribution in [-0.2, 0) is 18.9 Å². The van der Waals surface area contributed by atoms with E-state index in [0.717, 1.165) is 17.0 Å². The fourth-order valence-electron chi connectivity index (χ4n) is 2.75. The van der Waals surface area contributed by atoms with Crippen molar-refractivity contribution in [1.29, 1.82) is 0 Å². The largest absolute Gasteiger partial charge is 0.416 e. The standard InChI is InChI=1S/C20H12F6N4O3/c21-19(22,23)14-7-13(8-15(9-14)20(24,25)26)10-29-11-17(27-28-29)18(31)6-3-12-1-4-16(5-2-12)30(32)33/h1-9,11H,10H2. The molecule has 0 fully saturated rings. The highest BCUT2D eigenvalue weighted by Crippen LogP contribution is 2.36. The van der Waals surface area contributed by atoms with Crippen molar-refractivity contribution >= 4 is 17.5 Å². The highest BCUT2D eigenvalue weighted by atomic mass is 19.4. The maximum Gasteiger partial charge on any atom is 0.416 e. The Morgan fingerprint density at radius 3 is 2.09 bits per heavy atom. The van der Waals surface area contributed by atoms with E-state index in [-0.39, 0.29) is 23.0 Å². The minimum Gasteiger partial charge on any atom is -0.287 e. The summed E-state index contributed by atoms with van der Waals surface area (Å²) in [7, 11) is 0. The van der Waals surface area contributed by atoms with Crippen LogP contribution in [0.1, 0.15) is 32.7 Å². The Labute approximate surface area is 181 Å². The third-order valence-electron chi connectivity index (χ3n) is 4.31. The number of carbonyl (C=O) groups excluding carboxylic acids is 1. The van der Waals surface area contributed by atoms with E-state index in [9.17, 15) is 41.3 Å². The van der Waals surface area contributed by atoms with Gasteiger partial charge in [-0.3, -0.25) is 14.9 Å². The fourth-order valence-corrected chi connectivity index (χ4v) is 2.75. The van der Waals surface area contributed by atoms with Crippen LogP contribution in [0.4, 0.5) is 32.0 Å². The Morgan fingerprint density at radius 1 is 1.00 bits per heavy atom. The van der Waals surface area contributed by atoms with Crippen LogP contribution < -0.4 is 0 Å². The summed E-state index contributed by atoms with van der Waals surface area (Å²) < 4.78 is 78.8. The Kier molecular flexibility index (Phi) is 6.33. The average Bonchev–Trinajstić information content (AvgIpc) is 3.19. The number of allylic oxidation sites excluding steroid dienone is 1. The van der Waals surface area contributed by atoms with Gasteiger partial charge in [-0.2, -0.15) is 26.3 Å². The normalized spacial score (nSPS) is 12.3. The molecule has 0 saturated carbocycles. The SMILES string of the molecule is O=C(C=Cc1ccc([N+](=O)[O-])cc1)c1cn(Cc2cc(C(F)(F)F)cc(C(F)(F)F)c2)nn1. The second-order valence-corrected chi connectivity index (χ2v) is 6.76. The van der Waals surface area contributed by atoms with Crippen LogP contribution in [0, 0.1) is 10.1 Å². The van der Waals surface area contributed by atoms with Gasteiger partial charge in [-0.25, -0.2) is 4.68 Å². The molecule has 0 amide bonds. The molecule has 0 unspecified atom stereocenters. The van der Waals surface area contributed by atoms with Crippen molar-refractivity contribution in [2.45, 2.75) is 18.9 Å². The number of hydrogen-bond acceptors (Lipinski definition) is 5. The molecule has 3 aromatic rings. The number of nitro groups is 1. The van der Waals surface area contributed by atoms with E-state index >= 15 is 0 Å². The lowest BCUT2D eigenvalue weighted by atomic mass is 10.0. The third-order valence-corrected chi connectivity index (χ3v) is 4.31. The van der Waals surface area contributed by atoms with Gasteiger partial charge in [-0.05, 0) is 47.5 Å². The molecule has 0 radical (unpaired) electrons. The molecular formula is C20H12F6N4O3.